The van der Waals surface area contributed by atoms with E-state index in [0.717, 1.165) is 35.1 Å². The van der Waals surface area contributed by atoms with Crippen molar-refractivity contribution in [2.24, 2.45) is 5.41 Å². The Kier molecular flexibility index (Phi) is 11.4. The van der Waals surface area contributed by atoms with Crippen molar-refractivity contribution in [3.05, 3.63) is 130 Å². The van der Waals surface area contributed by atoms with Crippen molar-refractivity contribution < 1.29 is 33.7 Å². The van der Waals surface area contributed by atoms with Crippen LogP contribution in [0.25, 0.3) is 0 Å². The average Bonchev–Trinajstić information content (AvgIpc) is 3.77. The van der Waals surface area contributed by atoms with E-state index in [2.05, 4.69) is 19.9 Å². The Hall–Kier alpha value is -4.66. The summed E-state index contributed by atoms with van der Waals surface area (Å²) in [5.41, 5.74) is 3.28. The molecule has 1 amide bonds. The van der Waals surface area contributed by atoms with Crippen molar-refractivity contribution in [1.82, 2.24) is 4.90 Å². The van der Waals surface area contributed by atoms with Gasteiger partial charge in [0, 0.05) is 17.5 Å². The monoisotopic (exact) mass is 705 g/mol. The number of hydrogen-bond acceptors (Lipinski definition) is 7. The topological polar surface area (TPSA) is 109 Å². The molecule has 1 fully saturated rings. The number of ketones is 1. The van der Waals surface area contributed by atoms with E-state index in [1.807, 2.05) is 60.7 Å². The zero-order valence-electron chi connectivity index (χ0n) is 30.8. The molecule has 0 aliphatic heterocycles. The molecule has 52 heavy (non-hydrogen) atoms. The second kappa shape index (κ2) is 15.9. The smallest absolute Gasteiger partial charge is 0.228 e. The highest BCUT2D eigenvalue weighted by Crippen LogP contribution is 2.59. The number of amides is 1. The van der Waals surface area contributed by atoms with Crippen LogP contribution in [-0.4, -0.2) is 59.3 Å². The summed E-state index contributed by atoms with van der Waals surface area (Å²) in [5.74, 6) is 0.893. The molecule has 0 radical (unpaired) electrons. The van der Waals surface area contributed by atoms with Gasteiger partial charge in [0.15, 0.2) is 17.3 Å². The molecule has 274 valence electrons. The molecule has 2 N–H and O–H groups in total. The first kappa shape index (κ1) is 37.1. The predicted molar refractivity (Wildman–Crippen MR) is 201 cm³/mol. The summed E-state index contributed by atoms with van der Waals surface area (Å²) in [6.07, 6.45) is 7.60. The lowest BCUT2D eigenvalue weighted by molar-refractivity contribution is -0.140. The zero-order chi connectivity index (χ0) is 36.9. The maximum Gasteiger partial charge on any atom is 0.228 e. The molecule has 8 nitrogen and oxygen atoms in total. The summed E-state index contributed by atoms with van der Waals surface area (Å²) in [4.78, 5) is 30.2. The fourth-order valence-corrected chi connectivity index (χ4v) is 8.37. The molecule has 1 aromatic heterocycles. The number of ether oxygens (including phenoxy) is 2. The van der Waals surface area contributed by atoms with Gasteiger partial charge in [-0.1, -0.05) is 67.1 Å². The van der Waals surface area contributed by atoms with Gasteiger partial charge in [-0.3, -0.25) is 9.59 Å². The number of fused-ring (bicyclic) bond motifs is 8. The normalized spacial score (nSPS) is 23.3. The van der Waals surface area contributed by atoms with Crippen LogP contribution < -0.4 is 9.47 Å². The molecule has 7 rings (SSSR count). The lowest BCUT2D eigenvalue weighted by Crippen LogP contribution is -2.53. The highest BCUT2D eigenvalue weighted by atomic mass is 16.5. The summed E-state index contributed by atoms with van der Waals surface area (Å²) >= 11 is 0. The molecular formula is C44H51NO7. The maximum atomic E-state index is 14.3. The SMILES string of the molecule is COc1ccc(CC(=O)N(Cc2ccccc2)CC2(O)CCC3c4ccc(cc4C(=O)c4ccco4)CC(O)CCC(C)=CCCC32C)cc1OC. The molecule has 4 unspecified atom stereocenters. The van der Waals surface area contributed by atoms with Gasteiger partial charge in [-0.15, -0.1) is 0 Å². The van der Waals surface area contributed by atoms with E-state index < -0.39 is 17.1 Å². The van der Waals surface area contributed by atoms with Gasteiger partial charge >= 0.3 is 0 Å². The van der Waals surface area contributed by atoms with Crippen LogP contribution in [0, 0.1) is 5.41 Å². The Morgan fingerprint density at radius 2 is 1.71 bits per heavy atom. The van der Waals surface area contributed by atoms with Crippen molar-refractivity contribution >= 4 is 11.7 Å². The summed E-state index contributed by atoms with van der Waals surface area (Å²) in [6.45, 7) is 4.71. The van der Waals surface area contributed by atoms with Crippen molar-refractivity contribution in [1.29, 1.82) is 0 Å². The zero-order valence-corrected chi connectivity index (χ0v) is 30.8. The van der Waals surface area contributed by atoms with Crippen LogP contribution in [0.4, 0.5) is 0 Å². The third kappa shape index (κ3) is 7.88. The Morgan fingerprint density at radius 3 is 2.44 bits per heavy atom. The molecule has 2 bridgehead atoms. The van der Waals surface area contributed by atoms with Gasteiger partial charge in [0.05, 0.1) is 45.2 Å². The molecule has 0 saturated heterocycles. The summed E-state index contributed by atoms with van der Waals surface area (Å²) in [5, 5.41) is 24.0. The fourth-order valence-electron chi connectivity index (χ4n) is 8.37. The van der Waals surface area contributed by atoms with Gasteiger partial charge in [0.1, 0.15) is 0 Å². The maximum absolute atomic E-state index is 14.3. The van der Waals surface area contributed by atoms with Gasteiger partial charge in [0.2, 0.25) is 11.7 Å². The second-order valence-electron chi connectivity index (χ2n) is 14.9. The highest BCUT2D eigenvalue weighted by molar-refractivity contribution is 6.08. The molecule has 8 heteroatoms. The van der Waals surface area contributed by atoms with Crippen LogP contribution in [-0.2, 0) is 24.2 Å². The minimum absolute atomic E-state index is 0.107. The lowest BCUT2D eigenvalue weighted by atomic mass is 9.64. The van der Waals surface area contributed by atoms with Crippen LogP contribution in [0.1, 0.15) is 96.7 Å². The van der Waals surface area contributed by atoms with Crippen molar-refractivity contribution in [3.8, 4) is 11.5 Å². The second-order valence-corrected chi connectivity index (χ2v) is 14.9. The Balaban J connectivity index is 1.40. The third-order valence-corrected chi connectivity index (χ3v) is 11.5. The van der Waals surface area contributed by atoms with Crippen LogP contribution in [0.5, 0.6) is 11.5 Å². The Morgan fingerprint density at radius 1 is 0.923 bits per heavy atom. The van der Waals surface area contributed by atoms with Crippen LogP contribution in [0.3, 0.4) is 0 Å². The van der Waals surface area contributed by atoms with E-state index in [1.54, 1.807) is 37.3 Å². The van der Waals surface area contributed by atoms with E-state index in [-0.39, 0.29) is 36.3 Å². The van der Waals surface area contributed by atoms with Crippen molar-refractivity contribution in [2.75, 3.05) is 20.8 Å². The fraction of sp³-hybridized carbons (Fsp3) is 0.409. The average molecular weight is 706 g/mol. The van der Waals surface area contributed by atoms with Crippen LogP contribution in [0.15, 0.2) is 101 Å². The van der Waals surface area contributed by atoms with Gasteiger partial charge in [0.25, 0.3) is 0 Å². The number of hydrogen-bond donors (Lipinski definition) is 2. The molecule has 1 saturated carbocycles. The molecule has 3 aliphatic carbocycles. The standard InChI is InChI=1S/C44H51NO7/c1-30-10-8-21-43(2)37(35-18-15-32(24-34(46)17-14-30)25-36(35)42(48)39-13-9-23-52-39)20-22-44(43,49)29-45(28-31-11-6-5-7-12-31)41(47)27-33-16-19-38(50-3)40(26-33)51-4/h5-7,9-13,15-16,18-19,23,25-26,34,37,46,49H,8,14,17,20-22,24,27-29H2,1-4H3. The quantitative estimate of drug-likeness (QED) is 0.128. The number of carbonyl (C=O) groups is 2. The molecule has 4 aromatic rings. The van der Waals surface area contributed by atoms with E-state index in [0.29, 0.717) is 55.7 Å². The minimum atomic E-state index is -1.27. The van der Waals surface area contributed by atoms with Crippen molar-refractivity contribution in [2.45, 2.75) is 89.4 Å². The van der Waals surface area contributed by atoms with Gasteiger partial charge in [-0.2, -0.15) is 0 Å². The molecule has 0 spiro atoms. The molecule has 4 atom stereocenters. The van der Waals surface area contributed by atoms with E-state index in [4.69, 9.17) is 13.9 Å². The summed E-state index contributed by atoms with van der Waals surface area (Å²) < 4.78 is 16.5. The number of methoxy groups -OCH3 is 2. The first-order valence-corrected chi connectivity index (χ1v) is 18.3. The van der Waals surface area contributed by atoms with E-state index >= 15 is 0 Å². The van der Waals surface area contributed by atoms with E-state index in [9.17, 15) is 19.8 Å². The minimum Gasteiger partial charge on any atom is -0.493 e. The molecule has 1 heterocycles. The van der Waals surface area contributed by atoms with Gasteiger partial charge in [-0.05, 0) is 110 Å². The number of furan rings is 1. The number of aliphatic hydroxyl groups excluding tert-OH is 1. The highest BCUT2D eigenvalue weighted by Gasteiger charge is 2.57. The number of aliphatic hydroxyl groups is 2. The number of carbonyl (C=O) groups excluding carboxylic acids is 2. The molecule has 3 aliphatic rings. The number of allylic oxidation sites excluding steroid dienone is 2. The third-order valence-electron chi connectivity index (χ3n) is 11.5. The Labute approximate surface area is 307 Å². The first-order valence-electron chi connectivity index (χ1n) is 18.3. The van der Waals surface area contributed by atoms with E-state index in [1.165, 1.54) is 11.8 Å². The Bertz CT molecular complexity index is 1880. The molecular weight excluding hydrogens is 654 g/mol. The van der Waals surface area contributed by atoms with Crippen LogP contribution in [0.2, 0.25) is 0 Å². The van der Waals surface area contributed by atoms with Gasteiger partial charge < -0.3 is 29.0 Å². The summed E-state index contributed by atoms with van der Waals surface area (Å²) in [6, 6.07) is 24.7. The number of rotatable bonds is 10. The van der Waals surface area contributed by atoms with Crippen molar-refractivity contribution in [3.63, 3.8) is 0 Å². The largest absolute Gasteiger partial charge is 0.493 e. The molecule has 3 aromatic carbocycles. The number of nitrogens with zero attached hydrogens (tertiary/aromatic N) is 1. The van der Waals surface area contributed by atoms with Gasteiger partial charge in [-0.25, -0.2) is 0 Å². The first-order chi connectivity index (χ1) is 25.0. The van der Waals surface area contributed by atoms with Crippen LogP contribution >= 0.6 is 0 Å². The summed E-state index contributed by atoms with van der Waals surface area (Å²) in [7, 11) is 3.16. The lowest BCUT2D eigenvalue weighted by Gasteiger charge is -2.46. The predicted octanol–water partition coefficient (Wildman–Crippen LogP) is 7.84. The number of benzene rings is 3.